The molecule has 10 N–H and O–H groups in total. The molecule has 0 radical (unpaired) electrons. The van der Waals surface area contributed by atoms with Gasteiger partial charge in [-0.15, -0.1) is 6.42 Å². The first-order valence-electron chi connectivity index (χ1n) is 24.9. The topological polar surface area (TPSA) is 277 Å². The number of terminal acetylenes is 1. The van der Waals surface area contributed by atoms with E-state index in [1.165, 1.54) is 23.9 Å². The SMILES string of the molecule is C#Cc1c(-c2ccc(O)c(O)c2)cc(-c2ccc(-c3ccccc3)cc2)[nH]c1=O.COCCNc1cc(-c2nccc(N)n2)c2cc[nH]c2n1.Cc1ccc(-c2cn[nH]c2C2CCCN(C(=O)c3c[nH]c(=O)cc3O)C2)cc1. The van der Waals surface area contributed by atoms with Crippen molar-refractivity contribution in [3.63, 3.8) is 0 Å². The molecule has 1 amide bonds. The number of carbonyl (C=O) groups is 1. The van der Waals surface area contributed by atoms with Crippen LogP contribution < -0.4 is 22.2 Å². The molecule has 18 heteroatoms. The molecule has 1 aliphatic rings. The lowest BCUT2D eigenvalue weighted by molar-refractivity contribution is 0.0702. The van der Waals surface area contributed by atoms with Gasteiger partial charge in [-0.25, -0.2) is 15.0 Å². The van der Waals surface area contributed by atoms with Gasteiger partial charge in [0.05, 0.1) is 23.9 Å². The van der Waals surface area contributed by atoms with Crippen molar-refractivity contribution < 1.29 is 24.9 Å². The highest BCUT2D eigenvalue weighted by Crippen LogP contribution is 2.36. The van der Waals surface area contributed by atoms with Crippen LogP contribution in [0.1, 0.15) is 45.9 Å². The number of aryl methyl sites for hydroxylation is 1. The number of nitrogens with two attached hydrogens (primary N) is 1. The Balaban J connectivity index is 0.000000144. The smallest absolute Gasteiger partial charge is 0.264 e. The molecule has 11 rings (SSSR count). The molecule has 0 bridgehead atoms. The number of methoxy groups -OCH3 is 1. The number of nitrogens with zero attached hydrogens (tertiary/aromatic N) is 5. The molecular formula is C60H55N11O7. The van der Waals surface area contributed by atoms with Crippen LogP contribution in [0.5, 0.6) is 17.2 Å². The minimum Gasteiger partial charge on any atom is -0.507 e. The number of carbonyl (C=O) groups excluding carboxylic acids is 1. The van der Waals surface area contributed by atoms with Crippen molar-refractivity contribution in [2.24, 2.45) is 0 Å². The molecule has 1 saturated heterocycles. The number of anilines is 2. The van der Waals surface area contributed by atoms with Crippen molar-refractivity contribution in [3.8, 4) is 85.6 Å². The van der Waals surface area contributed by atoms with Crippen LogP contribution in [0.4, 0.5) is 11.6 Å². The van der Waals surface area contributed by atoms with Crippen molar-refractivity contribution in [3.05, 3.63) is 195 Å². The summed E-state index contributed by atoms with van der Waals surface area (Å²) in [7, 11) is 1.66. The van der Waals surface area contributed by atoms with E-state index >= 15 is 0 Å². The van der Waals surface area contributed by atoms with Crippen molar-refractivity contribution in [2.75, 3.05) is 44.4 Å². The summed E-state index contributed by atoms with van der Waals surface area (Å²) in [5.74, 6) is 3.21. The lowest BCUT2D eigenvalue weighted by atomic mass is 9.90. The van der Waals surface area contributed by atoms with Gasteiger partial charge in [0.15, 0.2) is 17.3 Å². The zero-order chi connectivity index (χ0) is 54.7. The number of aromatic hydroxyl groups is 3. The maximum absolute atomic E-state index is 12.9. The molecule has 1 unspecified atom stereocenters. The number of likely N-dealkylation sites (tertiary alicyclic amines) is 1. The number of rotatable bonds is 11. The number of fused-ring (bicyclic) bond motifs is 1. The van der Waals surface area contributed by atoms with Crippen molar-refractivity contribution >= 4 is 28.6 Å². The van der Waals surface area contributed by atoms with Gasteiger partial charge >= 0.3 is 0 Å². The number of nitrogen functional groups attached to an aromatic ring is 1. The molecule has 0 spiro atoms. The number of hydrogen-bond acceptors (Lipinski definition) is 13. The summed E-state index contributed by atoms with van der Waals surface area (Å²) in [4.78, 5) is 59.9. The highest BCUT2D eigenvalue weighted by atomic mass is 16.5. The first-order chi connectivity index (χ1) is 37.9. The summed E-state index contributed by atoms with van der Waals surface area (Å²) >= 11 is 0. The van der Waals surface area contributed by atoms with Crippen LogP contribution in [0.15, 0.2) is 162 Å². The van der Waals surface area contributed by atoms with Gasteiger partial charge in [-0.2, -0.15) is 5.10 Å². The second-order valence-corrected chi connectivity index (χ2v) is 18.4. The zero-order valence-electron chi connectivity index (χ0n) is 42.6. The quantitative estimate of drug-likeness (QED) is 0.0332. The number of aromatic amines is 4. The molecule has 6 aromatic heterocycles. The second-order valence-electron chi connectivity index (χ2n) is 18.4. The first kappa shape index (κ1) is 52.6. The number of phenolic OH excluding ortho intramolecular Hbond substituents is 2. The Bertz CT molecular complexity index is 3880. The van der Waals surface area contributed by atoms with Gasteiger partial charge in [-0.05, 0) is 84.0 Å². The van der Waals surface area contributed by atoms with Crippen LogP contribution in [0.3, 0.4) is 0 Å². The van der Waals surface area contributed by atoms with Gasteiger partial charge in [0.25, 0.3) is 17.0 Å². The molecule has 78 heavy (non-hydrogen) atoms. The fraction of sp³-hybridized carbons (Fsp3) is 0.150. The van der Waals surface area contributed by atoms with E-state index < -0.39 is 5.56 Å². The van der Waals surface area contributed by atoms with Crippen LogP contribution in [0.2, 0.25) is 0 Å². The van der Waals surface area contributed by atoms with E-state index in [2.05, 4.69) is 82.5 Å². The Kier molecular flexibility index (Phi) is 16.2. The Morgan fingerprint density at radius 1 is 0.821 bits per heavy atom. The van der Waals surface area contributed by atoms with Gasteiger partial charge < -0.3 is 51.0 Å². The predicted octanol–water partition coefficient (Wildman–Crippen LogP) is 9.23. The normalized spacial score (nSPS) is 12.9. The molecule has 18 nitrogen and oxygen atoms in total. The molecule has 1 atom stereocenters. The predicted molar refractivity (Wildman–Crippen MR) is 302 cm³/mol. The van der Waals surface area contributed by atoms with E-state index in [0.717, 1.165) is 74.8 Å². The average molecular weight is 1040 g/mol. The maximum atomic E-state index is 12.9. The van der Waals surface area contributed by atoms with E-state index in [1.807, 2.05) is 79.1 Å². The first-order valence-corrected chi connectivity index (χ1v) is 24.9. The Morgan fingerprint density at radius 3 is 2.29 bits per heavy atom. The fourth-order valence-electron chi connectivity index (χ4n) is 9.12. The number of nitrogens with one attached hydrogen (secondary N) is 5. The highest BCUT2D eigenvalue weighted by molar-refractivity contribution is 5.96. The molecule has 392 valence electrons. The Labute approximate surface area is 447 Å². The Hall–Kier alpha value is -10.3. The van der Waals surface area contributed by atoms with Gasteiger partial charge in [-0.1, -0.05) is 96.4 Å². The summed E-state index contributed by atoms with van der Waals surface area (Å²) in [6, 6.07) is 38.8. The minimum absolute atomic E-state index is 0.114. The van der Waals surface area contributed by atoms with E-state index in [4.69, 9.17) is 16.9 Å². The average Bonchev–Trinajstić information content (AvgIpc) is 4.19. The summed E-state index contributed by atoms with van der Waals surface area (Å²) in [5.41, 5.74) is 15.9. The number of ether oxygens (including phenoxy) is 1. The van der Waals surface area contributed by atoms with Crippen LogP contribution in [0.25, 0.3) is 67.1 Å². The monoisotopic (exact) mass is 1040 g/mol. The molecule has 10 aromatic rings. The summed E-state index contributed by atoms with van der Waals surface area (Å²) in [5, 5.41) is 40.9. The molecule has 0 saturated carbocycles. The summed E-state index contributed by atoms with van der Waals surface area (Å²) in [6.45, 7) is 4.47. The summed E-state index contributed by atoms with van der Waals surface area (Å²) < 4.78 is 5.03. The van der Waals surface area contributed by atoms with Gasteiger partial charge in [0, 0.05) is 90.8 Å². The van der Waals surface area contributed by atoms with Crippen LogP contribution in [0, 0.1) is 19.3 Å². The van der Waals surface area contributed by atoms with Crippen molar-refractivity contribution in [1.82, 2.24) is 45.0 Å². The van der Waals surface area contributed by atoms with E-state index in [0.29, 0.717) is 54.7 Å². The molecule has 1 aliphatic heterocycles. The number of amides is 1. The lowest BCUT2D eigenvalue weighted by Gasteiger charge is -2.33. The van der Waals surface area contributed by atoms with Crippen molar-refractivity contribution in [1.29, 1.82) is 0 Å². The minimum atomic E-state index is -0.439. The highest BCUT2D eigenvalue weighted by Gasteiger charge is 2.29. The fourth-order valence-corrected chi connectivity index (χ4v) is 9.12. The number of benzene rings is 4. The number of aromatic nitrogens is 8. The van der Waals surface area contributed by atoms with Crippen LogP contribution in [-0.4, -0.2) is 99.6 Å². The number of pyridine rings is 3. The van der Waals surface area contributed by atoms with E-state index in [-0.39, 0.29) is 45.8 Å². The molecule has 7 heterocycles. The van der Waals surface area contributed by atoms with E-state index in [1.54, 1.807) is 36.4 Å². The van der Waals surface area contributed by atoms with Gasteiger partial charge in [-0.3, -0.25) is 19.5 Å². The third-order valence-electron chi connectivity index (χ3n) is 13.1. The maximum Gasteiger partial charge on any atom is 0.264 e. The molecule has 4 aromatic carbocycles. The van der Waals surface area contributed by atoms with Crippen LogP contribution in [-0.2, 0) is 4.74 Å². The van der Waals surface area contributed by atoms with Crippen LogP contribution >= 0.6 is 0 Å². The molecule has 1 fully saturated rings. The van der Waals surface area contributed by atoms with E-state index in [9.17, 15) is 29.7 Å². The molecular weight excluding hydrogens is 987 g/mol. The zero-order valence-corrected chi connectivity index (χ0v) is 42.6. The molecule has 0 aliphatic carbocycles. The second kappa shape index (κ2) is 24.0. The van der Waals surface area contributed by atoms with Gasteiger partial charge in [0.2, 0.25) is 0 Å². The third-order valence-corrected chi connectivity index (χ3v) is 13.1. The number of H-pyrrole nitrogens is 4. The number of phenols is 2. The van der Waals surface area contributed by atoms with Gasteiger partial charge in [0.1, 0.15) is 23.0 Å². The third kappa shape index (κ3) is 12.1. The largest absolute Gasteiger partial charge is 0.507 e. The standard InChI is InChI=1S/C25H17NO3.C21H22N4O3.C14H16N6O/c1-2-20-21(19-12-13-23(27)24(28)14-19)15-22(26-25(20)29)18-10-8-17(9-11-18)16-6-4-3-5-7-16;1-13-4-6-14(7-5-13)16-11-23-24-20(16)15-3-2-8-25(12-15)21(28)17-10-22-19(27)9-18(17)26;1-21-7-6-16-12-8-10(9-2-4-17-13(9)20-12)14-18-5-3-11(15)19-14/h1,3-15,27-28H,(H,26,29);4-7,9-11,15H,2-3,8,12H2,1H3,(H,23,24)(H2,22,26,27);2-5,8H,6-7H2,1H3,(H2,15,18,19)(H2,16,17,20). The number of piperidine rings is 1. The Morgan fingerprint density at radius 2 is 1.56 bits per heavy atom. The van der Waals surface area contributed by atoms with Crippen molar-refractivity contribution in [2.45, 2.75) is 25.7 Å². The lowest BCUT2D eigenvalue weighted by Crippen LogP contribution is -2.39. The summed E-state index contributed by atoms with van der Waals surface area (Å²) in [6.07, 6.45) is 13.9. The number of hydrogen-bond donors (Lipinski definition) is 9.